The highest BCUT2D eigenvalue weighted by Crippen LogP contribution is 2.13. The average Bonchev–Trinajstić information content (AvgIpc) is 2.43. The van der Waals surface area contributed by atoms with Crippen molar-refractivity contribution in [1.29, 1.82) is 0 Å². The first-order chi connectivity index (χ1) is 8.75. The number of benzene rings is 1. The maximum absolute atomic E-state index is 4.28. The summed E-state index contributed by atoms with van der Waals surface area (Å²) >= 11 is 0. The number of rotatable bonds is 1. The molecule has 2 aromatic rings. The summed E-state index contributed by atoms with van der Waals surface area (Å²) in [4.78, 5) is 12.7. The summed E-state index contributed by atoms with van der Waals surface area (Å²) in [5, 5.41) is 0. The highest BCUT2D eigenvalue weighted by Gasteiger charge is 2.02. The Labute approximate surface area is 110 Å². The van der Waals surface area contributed by atoms with Crippen LogP contribution in [0.4, 0.5) is 0 Å². The van der Waals surface area contributed by atoms with Gasteiger partial charge in [-0.1, -0.05) is 58.0 Å². The fourth-order valence-corrected chi connectivity index (χ4v) is 1.33. The van der Waals surface area contributed by atoms with Crippen molar-refractivity contribution < 1.29 is 0 Å². The van der Waals surface area contributed by atoms with Gasteiger partial charge in [-0.15, -0.1) is 0 Å². The van der Waals surface area contributed by atoms with E-state index < -0.39 is 0 Å². The number of aryl methyl sites for hydroxylation is 2. The van der Waals surface area contributed by atoms with Crippen molar-refractivity contribution >= 4 is 0 Å². The minimum Gasteiger partial charge on any atom is -0.219 e. The monoisotopic (exact) mass is 245 g/mol. The van der Waals surface area contributed by atoms with E-state index in [1.807, 2.05) is 71.9 Å². The Hall–Kier alpha value is -1.77. The number of nitrogens with zero attached hydrogens (tertiary/aromatic N) is 3. The molecule has 18 heavy (non-hydrogen) atoms. The van der Waals surface area contributed by atoms with Gasteiger partial charge >= 0.3 is 0 Å². The van der Waals surface area contributed by atoms with Crippen LogP contribution in [0.15, 0.2) is 30.3 Å². The lowest BCUT2D eigenvalue weighted by Gasteiger charge is -2.01. The normalized spacial score (nSPS) is 8.56. The molecule has 3 heteroatoms. The Morgan fingerprint density at radius 3 is 1.56 bits per heavy atom. The number of aromatic nitrogens is 3. The predicted octanol–water partition coefficient (Wildman–Crippen LogP) is 4.21. The summed E-state index contributed by atoms with van der Waals surface area (Å²) in [5.41, 5.74) is 1.03. The van der Waals surface area contributed by atoms with E-state index in [2.05, 4.69) is 15.0 Å². The topological polar surface area (TPSA) is 38.7 Å². The summed E-state index contributed by atoms with van der Waals surface area (Å²) in [5.74, 6) is 2.27. The van der Waals surface area contributed by atoms with Crippen LogP contribution in [0, 0.1) is 13.8 Å². The van der Waals surface area contributed by atoms with Crippen LogP contribution in [-0.2, 0) is 0 Å². The minimum absolute atomic E-state index is 0.746. The van der Waals surface area contributed by atoms with Crippen LogP contribution in [0.25, 0.3) is 11.4 Å². The van der Waals surface area contributed by atoms with E-state index in [0.29, 0.717) is 0 Å². The SMILES string of the molecule is CC.CC.Cc1nc(C)nc(-c2ccccc2)n1. The zero-order valence-electron chi connectivity index (χ0n) is 12.2. The van der Waals surface area contributed by atoms with Crippen molar-refractivity contribution in [2.75, 3.05) is 0 Å². The van der Waals surface area contributed by atoms with Crippen LogP contribution >= 0.6 is 0 Å². The van der Waals surface area contributed by atoms with E-state index in [0.717, 1.165) is 23.0 Å². The fraction of sp³-hybridized carbons (Fsp3) is 0.400. The fourth-order valence-electron chi connectivity index (χ4n) is 1.33. The van der Waals surface area contributed by atoms with Gasteiger partial charge in [-0.05, 0) is 13.8 Å². The van der Waals surface area contributed by atoms with Gasteiger partial charge in [-0.3, -0.25) is 0 Å². The maximum Gasteiger partial charge on any atom is 0.163 e. The van der Waals surface area contributed by atoms with Crippen molar-refractivity contribution in [2.45, 2.75) is 41.5 Å². The summed E-state index contributed by atoms with van der Waals surface area (Å²) in [6.45, 7) is 11.8. The molecule has 98 valence electrons. The van der Waals surface area contributed by atoms with Gasteiger partial charge in [-0.2, -0.15) is 0 Å². The molecule has 1 aromatic heterocycles. The molecule has 0 saturated heterocycles. The second-order valence-electron chi connectivity index (χ2n) is 3.12. The first-order valence-corrected chi connectivity index (χ1v) is 6.50. The molecule has 0 aliphatic carbocycles. The van der Waals surface area contributed by atoms with Crippen LogP contribution in [0.3, 0.4) is 0 Å². The zero-order valence-corrected chi connectivity index (χ0v) is 12.2. The first kappa shape index (κ1) is 16.2. The molecular formula is C15H23N3. The number of hydrogen-bond donors (Lipinski definition) is 0. The van der Waals surface area contributed by atoms with Gasteiger partial charge in [0, 0.05) is 5.56 Å². The van der Waals surface area contributed by atoms with E-state index >= 15 is 0 Å². The van der Waals surface area contributed by atoms with Crippen LogP contribution in [0.5, 0.6) is 0 Å². The summed E-state index contributed by atoms with van der Waals surface area (Å²) in [6, 6.07) is 9.92. The second-order valence-corrected chi connectivity index (χ2v) is 3.12. The van der Waals surface area contributed by atoms with E-state index in [1.54, 1.807) is 0 Å². The second kappa shape index (κ2) is 9.28. The smallest absolute Gasteiger partial charge is 0.163 e. The molecule has 0 amide bonds. The quantitative estimate of drug-likeness (QED) is 0.755. The standard InChI is InChI=1S/C11H11N3.2C2H6/c1-8-12-9(2)14-11(13-8)10-6-4-3-5-7-10;2*1-2/h3-7H,1-2H3;2*1-2H3. The van der Waals surface area contributed by atoms with Crippen LogP contribution < -0.4 is 0 Å². The van der Waals surface area contributed by atoms with Crippen molar-refractivity contribution in [3.63, 3.8) is 0 Å². The van der Waals surface area contributed by atoms with Crippen LogP contribution in [0.2, 0.25) is 0 Å². The molecule has 0 unspecified atom stereocenters. The third-order valence-corrected chi connectivity index (χ3v) is 1.89. The highest BCUT2D eigenvalue weighted by molar-refractivity contribution is 5.54. The lowest BCUT2D eigenvalue weighted by Crippen LogP contribution is -1.98. The molecule has 0 radical (unpaired) electrons. The molecule has 3 nitrogen and oxygen atoms in total. The Morgan fingerprint density at radius 1 is 0.667 bits per heavy atom. The van der Waals surface area contributed by atoms with Gasteiger partial charge in [0.05, 0.1) is 0 Å². The number of hydrogen-bond acceptors (Lipinski definition) is 3. The molecule has 0 aliphatic heterocycles. The molecule has 1 aromatic carbocycles. The molecule has 0 atom stereocenters. The van der Waals surface area contributed by atoms with Crippen LogP contribution in [-0.4, -0.2) is 15.0 Å². The molecule has 2 rings (SSSR count). The Balaban J connectivity index is 0.000000659. The van der Waals surface area contributed by atoms with Crippen molar-refractivity contribution in [3.8, 4) is 11.4 Å². The van der Waals surface area contributed by atoms with Gasteiger partial charge in [0.25, 0.3) is 0 Å². The largest absolute Gasteiger partial charge is 0.219 e. The van der Waals surface area contributed by atoms with E-state index in [4.69, 9.17) is 0 Å². The Bertz CT molecular complexity index is 418. The molecule has 0 aliphatic rings. The van der Waals surface area contributed by atoms with Crippen molar-refractivity contribution in [1.82, 2.24) is 15.0 Å². The molecule has 0 saturated carbocycles. The summed E-state index contributed by atoms with van der Waals surface area (Å²) in [6.07, 6.45) is 0. The van der Waals surface area contributed by atoms with E-state index in [9.17, 15) is 0 Å². The molecular weight excluding hydrogens is 222 g/mol. The van der Waals surface area contributed by atoms with Gasteiger partial charge in [0.1, 0.15) is 11.6 Å². The van der Waals surface area contributed by atoms with Gasteiger partial charge in [-0.25, -0.2) is 15.0 Å². The third-order valence-electron chi connectivity index (χ3n) is 1.89. The van der Waals surface area contributed by atoms with E-state index in [1.165, 1.54) is 0 Å². The molecule has 0 spiro atoms. The summed E-state index contributed by atoms with van der Waals surface area (Å²) in [7, 11) is 0. The van der Waals surface area contributed by atoms with Gasteiger partial charge in [0.2, 0.25) is 0 Å². The van der Waals surface area contributed by atoms with Crippen molar-refractivity contribution in [3.05, 3.63) is 42.0 Å². The predicted molar refractivity (Wildman–Crippen MR) is 77.4 cm³/mol. The lowest BCUT2D eigenvalue weighted by atomic mass is 10.2. The van der Waals surface area contributed by atoms with Gasteiger partial charge < -0.3 is 0 Å². The summed E-state index contributed by atoms with van der Waals surface area (Å²) < 4.78 is 0. The van der Waals surface area contributed by atoms with Crippen LogP contribution in [0.1, 0.15) is 39.3 Å². The maximum atomic E-state index is 4.28. The lowest BCUT2D eigenvalue weighted by molar-refractivity contribution is 0.928. The molecule has 0 N–H and O–H groups in total. The zero-order chi connectivity index (χ0) is 14.0. The average molecular weight is 245 g/mol. The first-order valence-electron chi connectivity index (χ1n) is 6.50. The Kier molecular flexibility index (Phi) is 8.37. The van der Waals surface area contributed by atoms with Gasteiger partial charge in [0.15, 0.2) is 5.82 Å². The molecule has 0 fully saturated rings. The molecule has 1 heterocycles. The molecule has 0 bridgehead atoms. The minimum atomic E-state index is 0.746. The highest BCUT2D eigenvalue weighted by atomic mass is 15.0. The van der Waals surface area contributed by atoms with Crippen molar-refractivity contribution in [2.24, 2.45) is 0 Å². The van der Waals surface area contributed by atoms with E-state index in [-0.39, 0.29) is 0 Å². The Morgan fingerprint density at radius 2 is 1.11 bits per heavy atom. The third kappa shape index (κ3) is 5.04.